The maximum absolute atomic E-state index is 12.9. The van der Waals surface area contributed by atoms with Gasteiger partial charge in [-0.25, -0.2) is 0 Å². The minimum Gasteiger partial charge on any atom is -0.462 e. The largest absolute Gasteiger partial charge is 0.462 e. The van der Waals surface area contributed by atoms with Gasteiger partial charge in [-0.3, -0.25) is 14.4 Å². The molecule has 1 atom stereocenters. The highest BCUT2D eigenvalue weighted by Crippen LogP contribution is 2.17. The van der Waals surface area contributed by atoms with Crippen LogP contribution in [0.1, 0.15) is 329 Å². The predicted molar refractivity (Wildman–Crippen MR) is 353 cm³/mol. The Morgan fingerprint density at radius 1 is 0.259 bits per heavy atom. The van der Waals surface area contributed by atoms with E-state index in [1.807, 2.05) is 0 Å². The molecule has 0 aliphatic heterocycles. The molecular weight excluding hydrogens is 997 g/mol. The standard InChI is InChI=1S/C75H128O6/c1-4-7-10-13-16-19-22-25-28-31-33-35-36-37-38-40-41-44-47-50-53-56-59-62-65-68-74(77)80-71-72(70-79-73(76)67-64-61-58-55-52-49-46-43-30-27-24-21-18-15-12-9-6-3)81-75(78)69-66-63-60-57-54-51-48-45-42-39-34-32-29-26-23-20-17-14-11-8-5-2/h8-9,11-12,17-18,20-21,26-27,29-30,34,39,46,49,55,58,72H,4-7,10,13-16,19,22-25,28,31-33,35-38,40-45,47-48,50-54,56-57,59-71H2,1-3H3/b11-8-,12-9-,20-17-,21-18-,29-26-,30-27-,39-34-,49-46-,58-55-. The Morgan fingerprint density at radius 3 is 0.802 bits per heavy atom. The Balaban J connectivity index is 4.39. The van der Waals surface area contributed by atoms with Crippen molar-refractivity contribution in [1.82, 2.24) is 0 Å². The summed E-state index contributed by atoms with van der Waals surface area (Å²) in [6.45, 7) is 6.40. The van der Waals surface area contributed by atoms with Crippen molar-refractivity contribution >= 4 is 17.9 Å². The minimum atomic E-state index is -0.808. The van der Waals surface area contributed by atoms with Crippen molar-refractivity contribution in [3.05, 3.63) is 109 Å². The van der Waals surface area contributed by atoms with Crippen molar-refractivity contribution in [2.45, 2.75) is 335 Å². The molecule has 0 amide bonds. The van der Waals surface area contributed by atoms with Crippen LogP contribution in [0.15, 0.2) is 109 Å². The van der Waals surface area contributed by atoms with Crippen molar-refractivity contribution in [3.63, 3.8) is 0 Å². The first-order valence-electron chi connectivity index (χ1n) is 34.4. The zero-order chi connectivity index (χ0) is 58.5. The van der Waals surface area contributed by atoms with Crippen LogP contribution in [0.3, 0.4) is 0 Å². The number of hydrogen-bond donors (Lipinski definition) is 0. The number of rotatable bonds is 62. The predicted octanol–water partition coefficient (Wildman–Crippen LogP) is 23.8. The average Bonchev–Trinajstić information content (AvgIpc) is 3.47. The van der Waals surface area contributed by atoms with Crippen LogP contribution < -0.4 is 0 Å². The fourth-order valence-corrected chi connectivity index (χ4v) is 9.71. The molecule has 0 aromatic heterocycles. The molecule has 0 saturated heterocycles. The quantitative estimate of drug-likeness (QED) is 0.0261. The lowest BCUT2D eigenvalue weighted by atomic mass is 10.0. The van der Waals surface area contributed by atoms with Crippen LogP contribution in [0.4, 0.5) is 0 Å². The Morgan fingerprint density at radius 2 is 0.494 bits per heavy atom. The van der Waals surface area contributed by atoms with Gasteiger partial charge in [0.25, 0.3) is 0 Å². The maximum atomic E-state index is 12.9. The number of hydrogen-bond acceptors (Lipinski definition) is 6. The van der Waals surface area contributed by atoms with Crippen molar-refractivity contribution in [2.75, 3.05) is 13.2 Å². The highest BCUT2D eigenvalue weighted by molar-refractivity contribution is 5.71. The van der Waals surface area contributed by atoms with E-state index >= 15 is 0 Å². The number of carbonyl (C=O) groups excluding carboxylic acids is 3. The summed E-state index contributed by atoms with van der Waals surface area (Å²) in [6, 6.07) is 0. The Labute approximate surface area is 501 Å². The monoisotopic (exact) mass is 1120 g/mol. The summed E-state index contributed by atoms with van der Waals surface area (Å²) >= 11 is 0. The molecule has 6 heteroatoms. The second-order valence-electron chi connectivity index (χ2n) is 22.7. The average molecular weight is 1130 g/mol. The first kappa shape index (κ1) is 77.1. The fourth-order valence-electron chi connectivity index (χ4n) is 9.71. The summed E-state index contributed by atoms with van der Waals surface area (Å²) < 4.78 is 16.9. The first-order chi connectivity index (χ1) is 40.0. The molecule has 0 heterocycles. The van der Waals surface area contributed by atoms with Gasteiger partial charge in [0.15, 0.2) is 6.10 Å². The van der Waals surface area contributed by atoms with E-state index in [0.29, 0.717) is 19.3 Å². The second kappa shape index (κ2) is 68.6. The van der Waals surface area contributed by atoms with Gasteiger partial charge in [0.1, 0.15) is 13.2 Å². The molecule has 0 aromatic carbocycles. The summed E-state index contributed by atoms with van der Waals surface area (Å²) in [5.41, 5.74) is 0. The molecule has 0 N–H and O–H groups in total. The first-order valence-corrected chi connectivity index (χ1v) is 34.4. The molecular formula is C75H128O6. The summed E-state index contributed by atoms with van der Waals surface area (Å²) in [7, 11) is 0. The molecule has 0 spiro atoms. The molecule has 81 heavy (non-hydrogen) atoms. The van der Waals surface area contributed by atoms with Gasteiger partial charge in [0.2, 0.25) is 0 Å². The van der Waals surface area contributed by atoms with Crippen LogP contribution in [0.5, 0.6) is 0 Å². The van der Waals surface area contributed by atoms with Crippen molar-refractivity contribution in [1.29, 1.82) is 0 Å². The number of ether oxygens (including phenoxy) is 3. The molecule has 0 aromatic rings. The lowest BCUT2D eigenvalue weighted by Crippen LogP contribution is -2.30. The van der Waals surface area contributed by atoms with E-state index in [1.165, 1.54) is 173 Å². The van der Waals surface area contributed by atoms with Crippen LogP contribution in [0.2, 0.25) is 0 Å². The van der Waals surface area contributed by atoms with E-state index < -0.39 is 6.10 Å². The van der Waals surface area contributed by atoms with Crippen LogP contribution >= 0.6 is 0 Å². The van der Waals surface area contributed by atoms with E-state index in [0.717, 1.165) is 109 Å². The van der Waals surface area contributed by atoms with Gasteiger partial charge in [-0.1, -0.05) is 323 Å². The van der Waals surface area contributed by atoms with Crippen LogP contribution in [-0.4, -0.2) is 37.2 Å². The molecule has 0 bridgehead atoms. The third-order valence-electron chi connectivity index (χ3n) is 14.8. The van der Waals surface area contributed by atoms with Gasteiger partial charge in [-0.15, -0.1) is 0 Å². The molecule has 0 radical (unpaired) electrons. The lowest BCUT2D eigenvalue weighted by molar-refractivity contribution is -0.167. The highest BCUT2D eigenvalue weighted by Gasteiger charge is 2.19. The van der Waals surface area contributed by atoms with Gasteiger partial charge in [-0.05, 0) is 96.3 Å². The zero-order valence-electron chi connectivity index (χ0n) is 53.3. The number of esters is 3. The second-order valence-corrected chi connectivity index (χ2v) is 22.7. The van der Waals surface area contributed by atoms with Crippen LogP contribution in [0, 0.1) is 0 Å². The third kappa shape index (κ3) is 66.8. The minimum absolute atomic E-state index is 0.0976. The Kier molecular flexibility index (Phi) is 65.2. The molecule has 0 aliphatic carbocycles. The molecule has 0 rings (SSSR count). The van der Waals surface area contributed by atoms with Gasteiger partial charge in [0, 0.05) is 19.3 Å². The zero-order valence-corrected chi connectivity index (χ0v) is 53.3. The van der Waals surface area contributed by atoms with E-state index in [4.69, 9.17) is 14.2 Å². The summed E-state index contributed by atoms with van der Waals surface area (Å²) in [5, 5.41) is 0. The molecule has 6 nitrogen and oxygen atoms in total. The smallest absolute Gasteiger partial charge is 0.306 e. The van der Waals surface area contributed by atoms with Gasteiger partial charge >= 0.3 is 17.9 Å². The van der Waals surface area contributed by atoms with Crippen molar-refractivity contribution in [2.24, 2.45) is 0 Å². The summed E-state index contributed by atoms with van der Waals surface area (Å²) in [4.78, 5) is 38.4. The van der Waals surface area contributed by atoms with Crippen LogP contribution in [-0.2, 0) is 28.6 Å². The third-order valence-corrected chi connectivity index (χ3v) is 14.8. The maximum Gasteiger partial charge on any atom is 0.306 e. The molecule has 464 valence electrons. The van der Waals surface area contributed by atoms with E-state index in [1.54, 1.807) is 0 Å². The van der Waals surface area contributed by atoms with E-state index in [2.05, 4.69) is 130 Å². The Hall–Kier alpha value is -3.93. The number of allylic oxidation sites excluding steroid dienone is 18. The highest BCUT2D eigenvalue weighted by atomic mass is 16.6. The van der Waals surface area contributed by atoms with Gasteiger partial charge in [0.05, 0.1) is 0 Å². The van der Waals surface area contributed by atoms with E-state index in [9.17, 15) is 14.4 Å². The number of carbonyl (C=O) groups is 3. The van der Waals surface area contributed by atoms with Gasteiger partial charge in [-0.2, -0.15) is 0 Å². The SMILES string of the molecule is CC/C=C\C/C=C\C/C=C\C/C=C\C/C=C\CCCC(=O)OCC(COC(=O)CCCCCCCCCCCCCCCCCCCCCCCCCCC)OC(=O)CCCCCCCCCC/C=C\C/C=C\C/C=C\C/C=C\CC. The summed E-state index contributed by atoms with van der Waals surface area (Å²) in [5.74, 6) is -0.954. The molecule has 0 fully saturated rings. The van der Waals surface area contributed by atoms with Crippen molar-refractivity contribution in [3.8, 4) is 0 Å². The number of unbranched alkanes of at least 4 members (excludes halogenated alkanes) is 33. The van der Waals surface area contributed by atoms with Gasteiger partial charge < -0.3 is 14.2 Å². The fraction of sp³-hybridized carbons (Fsp3) is 0.720. The summed E-state index contributed by atoms with van der Waals surface area (Å²) in [6.07, 6.45) is 94.0. The normalized spacial score (nSPS) is 12.8. The Bertz CT molecular complexity index is 1620. The van der Waals surface area contributed by atoms with E-state index in [-0.39, 0.29) is 37.5 Å². The lowest BCUT2D eigenvalue weighted by Gasteiger charge is -2.18. The molecule has 0 saturated carbocycles. The molecule has 1 unspecified atom stereocenters. The van der Waals surface area contributed by atoms with Crippen molar-refractivity contribution < 1.29 is 28.6 Å². The topological polar surface area (TPSA) is 78.9 Å². The molecule has 0 aliphatic rings. The van der Waals surface area contributed by atoms with Crippen LogP contribution in [0.25, 0.3) is 0 Å².